The lowest BCUT2D eigenvalue weighted by molar-refractivity contribution is 0.0783. The maximum atomic E-state index is 12.5. The van der Waals surface area contributed by atoms with Crippen molar-refractivity contribution in [2.45, 2.75) is 6.54 Å². The molecule has 0 spiro atoms. The highest BCUT2D eigenvalue weighted by Gasteiger charge is 2.16. The summed E-state index contributed by atoms with van der Waals surface area (Å²) in [7, 11) is 3.35. The lowest BCUT2D eigenvalue weighted by Gasteiger charge is -2.19. The van der Waals surface area contributed by atoms with E-state index < -0.39 is 0 Å². The number of benzene rings is 2. The minimum absolute atomic E-state index is 0.0653. The van der Waals surface area contributed by atoms with E-state index in [1.165, 1.54) is 0 Å². The Balaban J connectivity index is 2.22. The number of amides is 1. The number of ether oxygens (including phenoxy) is 1. The van der Waals surface area contributed by atoms with Gasteiger partial charge in [-0.3, -0.25) is 4.79 Å². The van der Waals surface area contributed by atoms with Crippen molar-refractivity contribution >= 4 is 33.4 Å². The van der Waals surface area contributed by atoms with Crippen molar-refractivity contribution in [3.8, 4) is 5.75 Å². The number of nitrogens with zero attached hydrogens (tertiary/aromatic N) is 1. The third-order valence-electron chi connectivity index (χ3n) is 3.10. The molecule has 2 rings (SSSR count). The third kappa shape index (κ3) is 3.77. The molecule has 0 aromatic heterocycles. The first-order valence-electron chi connectivity index (χ1n) is 6.35. The smallest absolute Gasteiger partial charge is 0.255 e. The minimum Gasteiger partial charge on any atom is -0.496 e. The van der Waals surface area contributed by atoms with E-state index in [4.69, 9.17) is 16.3 Å². The Hall–Kier alpha value is -1.52. The van der Waals surface area contributed by atoms with Gasteiger partial charge in [-0.25, -0.2) is 0 Å². The molecule has 0 radical (unpaired) electrons. The second-order valence-electron chi connectivity index (χ2n) is 4.60. The lowest BCUT2D eigenvalue weighted by Crippen LogP contribution is -2.26. The summed E-state index contributed by atoms with van der Waals surface area (Å²) in [6.45, 7) is 0.421. The van der Waals surface area contributed by atoms with Gasteiger partial charge in [0.2, 0.25) is 0 Å². The van der Waals surface area contributed by atoms with Gasteiger partial charge in [0.1, 0.15) is 5.75 Å². The molecule has 0 atom stereocenters. The number of methoxy groups -OCH3 is 1. The minimum atomic E-state index is -0.0653. The Morgan fingerprint density at radius 2 is 2.00 bits per heavy atom. The van der Waals surface area contributed by atoms with Gasteiger partial charge in [0, 0.05) is 28.7 Å². The van der Waals surface area contributed by atoms with Crippen molar-refractivity contribution in [3.05, 3.63) is 63.1 Å². The van der Waals surface area contributed by atoms with E-state index in [-0.39, 0.29) is 5.91 Å². The van der Waals surface area contributed by atoms with Gasteiger partial charge in [0.25, 0.3) is 5.91 Å². The van der Waals surface area contributed by atoms with E-state index in [0.29, 0.717) is 22.9 Å². The molecule has 1 amide bonds. The Bertz CT molecular complexity index is 660. The second-order valence-corrected chi connectivity index (χ2v) is 5.89. The van der Waals surface area contributed by atoms with Crippen molar-refractivity contribution in [3.63, 3.8) is 0 Å². The summed E-state index contributed by atoms with van der Waals surface area (Å²) in [5, 5.41) is 0.618. The number of hydrogen-bond acceptors (Lipinski definition) is 2. The zero-order chi connectivity index (χ0) is 15.4. The monoisotopic (exact) mass is 367 g/mol. The Morgan fingerprint density at radius 1 is 1.29 bits per heavy atom. The molecule has 21 heavy (non-hydrogen) atoms. The van der Waals surface area contributed by atoms with E-state index in [1.807, 2.05) is 24.3 Å². The van der Waals surface area contributed by atoms with Crippen LogP contribution in [0.4, 0.5) is 0 Å². The predicted octanol–water partition coefficient (Wildman–Crippen LogP) is 4.38. The molecule has 2 aromatic rings. The van der Waals surface area contributed by atoms with Crippen LogP contribution in [-0.4, -0.2) is 25.0 Å². The van der Waals surface area contributed by atoms with Gasteiger partial charge in [-0.05, 0) is 46.3 Å². The first-order valence-corrected chi connectivity index (χ1v) is 7.52. The van der Waals surface area contributed by atoms with Crippen LogP contribution in [0.1, 0.15) is 15.9 Å². The number of carbonyl (C=O) groups is 1. The molecule has 0 heterocycles. The average molecular weight is 369 g/mol. The second kappa shape index (κ2) is 6.96. The highest BCUT2D eigenvalue weighted by Crippen LogP contribution is 2.25. The summed E-state index contributed by atoms with van der Waals surface area (Å²) in [6.07, 6.45) is 0. The average Bonchev–Trinajstić information content (AvgIpc) is 2.47. The highest BCUT2D eigenvalue weighted by atomic mass is 79.9. The third-order valence-corrected chi connectivity index (χ3v) is 4.03. The molecule has 0 aliphatic rings. The van der Waals surface area contributed by atoms with E-state index in [1.54, 1.807) is 37.3 Å². The Labute approximate surface area is 137 Å². The SMILES string of the molecule is COc1ccc(Cl)cc1CN(C)C(=O)c1ccccc1Br. The summed E-state index contributed by atoms with van der Waals surface area (Å²) in [5.74, 6) is 0.649. The van der Waals surface area contributed by atoms with Crippen LogP contribution in [0, 0.1) is 0 Å². The summed E-state index contributed by atoms with van der Waals surface area (Å²) in [5.41, 5.74) is 1.49. The number of carbonyl (C=O) groups excluding carboxylic acids is 1. The van der Waals surface area contributed by atoms with Gasteiger partial charge in [0.05, 0.1) is 12.7 Å². The van der Waals surface area contributed by atoms with Gasteiger partial charge in [-0.1, -0.05) is 23.7 Å². The van der Waals surface area contributed by atoms with Crippen LogP contribution in [0.2, 0.25) is 5.02 Å². The zero-order valence-corrected chi connectivity index (χ0v) is 14.1. The molecule has 0 N–H and O–H groups in total. The molecule has 0 unspecified atom stereocenters. The normalized spacial score (nSPS) is 10.3. The molecule has 0 saturated heterocycles. The van der Waals surface area contributed by atoms with Gasteiger partial charge < -0.3 is 9.64 Å². The fraction of sp³-hybridized carbons (Fsp3) is 0.188. The molecular weight excluding hydrogens is 354 g/mol. The number of rotatable bonds is 4. The molecule has 2 aromatic carbocycles. The Kier molecular flexibility index (Phi) is 5.26. The van der Waals surface area contributed by atoms with Crippen molar-refractivity contribution < 1.29 is 9.53 Å². The predicted molar refractivity (Wildman–Crippen MR) is 87.9 cm³/mol. The van der Waals surface area contributed by atoms with Crippen LogP contribution in [-0.2, 0) is 6.54 Å². The zero-order valence-electron chi connectivity index (χ0n) is 11.8. The summed E-state index contributed by atoms with van der Waals surface area (Å²) in [4.78, 5) is 14.1. The quantitative estimate of drug-likeness (QED) is 0.801. The van der Waals surface area contributed by atoms with Crippen LogP contribution in [0.15, 0.2) is 46.9 Å². The molecule has 3 nitrogen and oxygen atoms in total. The van der Waals surface area contributed by atoms with Gasteiger partial charge >= 0.3 is 0 Å². The molecule has 0 fully saturated rings. The number of hydrogen-bond donors (Lipinski definition) is 0. The molecule has 110 valence electrons. The van der Waals surface area contributed by atoms with Gasteiger partial charge in [0.15, 0.2) is 0 Å². The first kappa shape index (κ1) is 15.9. The molecule has 0 saturated carbocycles. The van der Waals surface area contributed by atoms with Crippen molar-refractivity contribution in [1.82, 2.24) is 4.90 Å². The van der Waals surface area contributed by atoms with E-state index in [9.17, 15) is 4.79 Å². The fourth-order valence-electron chi connectivity index (χ4n) is 2.04. The molecule has 5 heteroatoms. The molecule has 0 aliphatic carbocycles. The summed E-state index contributed by atoms with van der Waals surface area (Å²) in [6, 6.07) is 12.7. The van der Waals surface area contributed by atoms with Crippen LogP contribution in [0.5, 0.6) is 5.75 Å². The van der Waals surface area contributed by atoms with Gasteiger partial charge in [-0.2, -0.15) is 0 Å². The van der Waals surface area contributed by atoms with Crippen LogP contribution in [0.25, 0.3) is 0 Å². The van der Waals surface area contributed by atoms with E-state index in [2.05, 4.69) is 15.9 Å². The van der Waals surface area contributed by atoms with E-state index >= 15 is 0 Å². The maximum Gasteiger partial charge on any atom is 0.255 e. The fourth-order valence-corrected chi connectivity index (χ4v) is 2.69. The van der Waals surface area contributed by atoms with Crippen molar-refractivity contribution in [2.75, 3.05) is 14.2 Å². The van der Waals surface area contributed by atoms with Crippen LogP contribution in [0.3, 0.4) is 0 Å². The van der Waals surface area contributed by atoms with Crippen molar-refractivity contribution in [2.24, 2.45) is 0 Å². The van der Waals surface area contributed by atoms with Crippen LogP contribution < -0.4 is 4.74 Å². The Morgan fingerprint density at radius 3 is 2.67 bits per heavy atom. The maximum absolute atomic E-state index is 12.5. The first-order chi connectivity index (χ1) is 10.0. The van der Waals surface area contributed by atoms with Crippen LogP contribution >= 0.6 is 27.5 Å². The molecular formula is C16H15BrClNO2. The van der Waals surface area contributed by atoms with Gasteiger partial charge in [-0.15, -0.1) is 0 Å². The number of halogens is 2. The van der Waals surface area contributed by atoms with E-state index in [0.717, 1.165) is 10.0 Å². The summed E-state index contributed by atoms with van der Waals surface area (Å²) >= 11 is 9.41. The molecule has 0 aliphatic heterocycles. The molecule has 0 bridgehead atoms. The highest BCUT2D eigenvalue weighted by molar-refractivity contribution is 9.10. The summed E-state index contributed by atoms with van der Waals surface area (Å²) < 4.78 is 6.08. The van der Waals surface area contributed by atoms with Crippen molar-refractivity contribution in [1.29, 1.82) is 0 Å². The largest absolute Gasteiger partial charge is 0.496 e. The standard InChI is InChI=1S/C16H15BrClNO2/c1-19(16(20)13-5-3-4-6-14(13)17)10-11-9-12(18)7-8-15(11)21-2/h3-9H,10H2,1-2H3. The topological polar surface area (TPSA) is 29.5 Å². The lowest BCUT2D eigenvalue weighted by atomic mass is 10.1.